The maximum absolute atomic E-state index is 10.9. The van der Waals surface area contributed by atoms with Crippen LogP contribution in [0.25, 0.3) is 11.0 Å². The second-order valence-electron chi connectivity index (χ2n) is 4.50. The normalized spacial score (nSPS) is 11.0. The van der Waals surface area contributed by atoms with Gasteiger partial charge in [-0.05, 0) is 43.0 Å². The summed E-state index contributed by atoms with van der Waals surface area (Å²) in [5.41, 5.74) is 2.05. The molecule has 0 amide bonds. The Kier molecular flexibility index (Phi) is 4.85. The maximum atomic E-state index is 10.9. The van der Waals surface area contributed by atoms with Crippen molar-refractivity contribution in [1.82, 2.24) is 9.55 Å². The molecule has 1 aromatic heterocycles. The standard InChI is InChI=1S/C14H18N2O2S/c1-19-8-4-2-3-7-16-10-15-12-9-11(14(17)18)5-6-13(12)16/h5-6,9-10H,2-4,7-8H2,1H3,(H,17,18). The molecule has 0 aliphatic carbocycles. The van der Waals surface area contributed by atoms with Gasteiger partial charge in [0.2, 0.25) is 0 Å². The molecule has 0 bridgehead atoms. The summed E-state index contributed by atoms with van der Waals surface area (Å²) in [5.74, 6) is 0.306. The number of carboxylic acids is 1. The fourth-order valence-corrected chi connectivity index (χ4v) is 2.57. The summed E-state index contributed by atoms with van der Waals surface area (Å²) in [4.78, 5) is 15.2. The highest BCUT2D eigenvalue weighted by atomic mass is 32.2. The molecule has 4 nitrogen and oxygen atoms in total. The Bertz CT molecular complexity index is 566. The van der Waals surface area contributed by atoms with Gasteiger partial charge in [-0.2, -0.15) is 11.8 Å². The van der Waals surface area contributed by atoms with E-state index < -0.39 is 5.97 Å². The number of nitrogens with zero attached hydrogens (tertiary/aromatic N) is 2. The van der Waals surface area contributed by atoms with Crippen LogP contribution in [0.1, 0.15) is 29.6 Å². The Balaban J connectivity index is 2.02. The molecule has 0 atom stereocenters. The van der Waals surface area contributed by atoms with Crippen molar-refractivity contribution >= 4 is 28.8 Å². The third-order valence-corrected chi connectivity index (χ3v) is 3.81. The van der Waals surface area contributed by atoms with Crippen LogP contribution in [0.5, 0.6) is 0 Å². The van der Waals surface area contributed by atoms with Crippen LogP contribution in [0.4, 0.5) is 0 Å². The Morgan fingerprint density at radius 3 is 2.95 bits per heavy atom. The lowest BCUT2D eigenvalue weighted by atomic mass is 10.2. The number of benzene rings is 1. The number of carboxylic acid groups (broad SMARTS) is 1. The zero-order valence-electron chi connectivity index (χ0n) is 11.0. The molecule has 5 heteroatoms. The molecule has 0 radical (unpaired) electrons. The minimum atomic E-state index is -0.909. The van der Waals surface area contributed by atoms with Gasteiger partial charge < -0.3 is 9.67 Å². The molecule has 1 aromatic carbocycles. The summed E-state index contributed by atoms with van der Waals surface area (Å²) in [6.45, 7) is 0.942. The number of thioether (sulfide) groups is 1. The van der Waals surface area contributed by atoms with E-state index in [1.54, 1.807) is 18.5 Å². The monoisotopic (exact) mass is 278 g/mol. The minimum Gasteiger partial charge on any atom is -0.478 e. The number of hydrogen-bond donors (Lipinski definition) is 1. The first kappa shape index (κ1) is 13.9. The quantitative estimate of drug-likeness (QED) is 0.790. The van der Waals surface area contributed by atoms with Gasteiger partial charge in [0, 0.05) is 6.54 Å². The number of imidazole rings is 1. The first-order valence-corrected chi connectivity index (χ1v) is 7.79. The summed E-state index contributed by atoms with van der Waals surface area (Å²) in [5, 5.41) is 8.94. The fourth-order valence-electron chi connectivity index (χ4n) is 2.08. The molecule has 102 valence electrons. The molecule has 1 N–H and O–H groups in total. The number of aromatic nitrogens is 2. The minimum absolute atomic E-state index is 0.290. The lowest BCUT2D eigenvalue weighted by Crippen LogP contribution is -1.98. The maximum Gasteiger partial charge on any atom is 0.335 e. The number of rotatable bonds is 7. The predicted molar refractivity (Wildman–Crippen MR) is 78.9 cm³/mol. The summed E-state index contributed by atoms with van der Waals surface area (Å²) in [7, 11) is 0. The van der Waals surface area contributed by atoms with Gasteiger partial charge in [0.25, 0.3) is 0 Å². The Morgan fingerprint density at radius 1 is 1.37 bits per heavy atom. The van der Waals surface area contributed by atoms with Gasteiger partial charge in [0.15, 0.2) is 0 Å². The molecule has 2 aromatic rings. The number of unbranched alkanes of at least 4 members (excludes halogenated alkanes) is 2. The van der Waals surface area contributed by atoms with E-state index in [0.29, 0.717) is 0 Å². The molecular weight excluding hydrogens is 260 g/mol. The van der Waals surface area contributed by atoms with Gasteiger partial charge >= 0.3 is 5.97 Å². The summed E-state index contributed by atoms with van der Waals surface area (Å²) in [6, 6.07) is 5.10. The Morgan fingerprint density at radius 2 is 2.21 bits per heavy atom. The summed E-state index contributed by atoms with van der Waals surface area (Å²) >= 11 is 1.88. The Labute approximate surface area is 116 Å². The fraction of sp³-hybridized carbons (Fsp3) is 0.429. The van der Waals surface area contributed by atoms with Crippen molar-refractivity contribution < 1.29 is 9.90 Å². The van der Waals surface area contributed by atoms with Crippen LogP contribution in [-0.2, 0) is 6.54 Å². The van der Waals surface area contributed by atoms with E-state index in [0.717, 1.165) is 24.0 Å². The number of aromatic carboxylic acids is 1. The number of aryl methyl sites for hydroxylation is 1. The third kappa shape index (κ3) is 3.50. The van der Waals surface area contributed by atoms with Gasteiger partial charge in [-0.3, -0.25) is 0 Å². The van der Waals surface area contributed by atoms with Gasteiger partial charge in [-0.1, -0.05) is 6.42 Å². The highest BCUT2D eigenvalue weighted by molar-refractivity contribution is 7.98. The molecule has 0 fully saturated rings. The van der Waals surface area contributed by atoms with Crippen molar-refractivity contribution in [2.45, 2.75) is 25.8 Å². The molecule has 0 saturated carbocycles. The van der Waals surface area contributed by atoms with Crippen LogP contribution >= 0.6 is 11.8 Å². The summed E-state index contributed by atoms with van der Waals surface area (Å²) in [6.07, 6.45) is 7.52. The smallest absolute Gasteiger partial charge is 0.335 e. The zero-order chi connectivity index (χ0) is 13.7. The average Bonchev–Trinajstić information content (AvgIpc) is 2.81. The number of carbonyl (C=O) groups is 1. The molecular formula is C14H18N2O2S. The van der Waals surface area contributed by atoms with Crippen molar-refractivity contribution in [3.05, 3.63) is 30.1 Å². The average molecular weight is 278 g/mol. The van der Waals surface area contributed by atoms with Crippen LogP contribution in [0.3, 0.4) is 0 Å². The van der Waals surface area contributed by atoms with Crippen molar-refractivity contribution in [1.29, 1.82) is 0 Å². The van der Waals surface area contributed by atoms with E-state index in [4.69, 9.17) is 5.11 Å². The van der Waals surface area contributed by atoms with Gasteiger partial charge in [0.05, 0.1) is 22.9 Å². The van der Waals surface area contributed by atoms with Gasteiger partial charge in [-0.25, -0.2) is 9.78 Å². The van der Waals surface area contributed by atoms with E-state index in [2.05, 4.69) is 15.8 Å². The number of hydrogen-bond acceptors (Lipinski definition) is 3. The topological polar surface area (TPSA) is 55.1 Å². The predicted octanol–water partition coefficient (Wildman–Crippen LogP) is 3.27. The van der Waals surface area contributed by atoms with Crippen LogP contribution in [0.15, 0.2) is 24.5 Å². The van der Waals surface area contributed by atoms with Crippen LogP contribution in [0.2, 0.25) is 0 Å². The molecule has 1 heterocycles. The van der Waals surface area contributed by atoms with E-state index in [1.165, 1.54) is 18.6 Å². The lowest BCUT2D eigenvalue weighted by Gasteiger charge is -2.04. The SMILES string of the molecule is CSCCCCCn1cnc2cc(C(=O)O)ccc21. The molecule has 19 heavy (non-hydrogen) atoms. The van der Waals surface area contributed by atoms with Crippen LogP contribution in [-0.4, -0.2) is 32.6 Å². The Hall–Kier alpha value is -1.49. The van der Waals surface area contributed by atoms with Crippen molar-refractivity contribution in [3.8, 4) is 0 Å². The van der Waals surface area contributed by atoms with Gasteiger partial charge in [0.1, 0.15) is 0 Å². The van der Waals surface area contributed by atoms with E-state index >= 15 is 0 Å². The molecule has 0 aliphatic rings. The van der Waals surface area contributed by atoms with E-state index in [-0.39, 0.29) is 5.56 Å². The second-order valence-corrected chi connectivity index (χ2v) is 5.49. The van der Waals surface area contributed by atoms with Crippen molar-refractivity contribution in [2.75, 3.05) is 12.0 Å². The molecule has 0 aliphatic heterocycles. The molecule has 0 saturated heterocycles. The summed E-state index contributed by atoms with van der Waals surface area (Å²) < 4.78 is 2.10. The number of fused-ring (bicyclic) bond motifs is 1. The third-order valence-electron chi connectivity index (χ3n) is 3.12. The van der Waals surface area contributed by atoms with Crippen molar-refractivity contribution in [3.63, 3.8) is 0 Å². The largest absolute Gasteiger partial charge is 0.478 e. The van der Waals surface area contributed by atoms with E-state index in [1.807, 2.05) is 17.8 Å². The zero-order valence-corrected chi connectivity index (χ0v) is 11.8. The molecule has 2 rings (SSSR count). The van der Waals surface area contributed by atoms with Crippen LogP contribution < -0.4 is 0 Å². The first-order chi connectivity index (χ1) is 9.22. The second kappa shape index (κ2) is 6.61. The van der Waals surface area contributed by atoms with Gasteiger partial charge in [-0.15, -0.1) is 0 Å². The molecule has 0 unspecified atom stereocenters. The molecule has 0 spiro atoms. The van der Waals surface area contributed by atoms with Crippen molar-refractivity contribution in [2.24, 2.45) is 0 Å². The first-order valence-electron chi connectivity index (χ1n) is 6.39. The highest BCUT2D eigenvalue weighted by Gasteiger charge is 2.07. The lowest BCUT2D eigenvalue weighted by molar-refractivity contribution is 0.0697. The van der Waals surface area contributed by atoms with E-state index in [9.17, 15) is 4.79 Å². The van der Waals surface area contributed by atoms with Crippen LogP contribution in [0, 0.1) is 0 Å². The highest BCUT2D eigenvalue weighted by Crippen LogP contribution is 2.16.